The van der Waals surface area contributed by atoms with Gasteiger partial charge in [-0.15, -0.1) is 0 Å². The van der Waals surface area contributed by atoms with Crippen molar-refractivity contribution in [3.05, 3.63) is 18.2 Å². The first kappa shape index (κ1) is 14.7. The molecular formula is C15H23N3O2. The Morgan fingerprint density at radius 2 is 2.05 bits per heavy atom. The molecule has 1 aromatic carbocycles. The number of nitrogens with zero attached hydrogens (tertiary/aromatic N) is 1. The second kappa shape index (κ2) is 6.13. The van der Waals surface area contributed by atoms with Gasteiger partial charge < -0.3 is 15.8 Å². The number of nitrogens with two attached hydrogens (primary N) is 1. The number of methoxy groups -OCH3 is 1. The van der Waals surface area contributed by atoms with Gasteiger partial charge in [-0.3, -0.25) is 9.69 Å². The Balaban J connectivity index is 1.96. The molecule has 3 N–H and O–H groups in total. The van der Waals surface area contributed by atoms with Crippen molar-refractivity contribution < 1.29 is 9.53 Å². The van der Waals surface area contributed by atoms with Crippen LogP contribution in [0.5, 0.6) is 5.75 Å². The summed E-state index contributed by atoms with van der Waals surface area (Å²) in [6, 6.07) is 5.22. The number of hydrogen-bond donors (Lipinski definition) is 2. The molecule has 1 saturated heterocycles. The highest BCUT2D eigenvalue weighted by Crippen LogP contribution is 2.27. The van der Waals surface area contributed by atoms with Crippen molar-refractivity contribution in [1.82, 2.24) is 4.90 Å². The van der Waals surface area contributed by atoms with Gasteiger partial charge in [0.1, 0.15) is 5.75 Å². The van der Waals surface area contributed by atoms with Crippen LogP contribution in [-0.4, -0.2) is 37.6 Å². The predicted octanol–water partition coefficient (Wildman–Crippen LogP) is 1.80. The molecule has 0 spiro atoms. The standard InChI is InChI=1S/C15H23N3O2/c1-10-7-18(8-11(10)2)9-15(19)17-13-6-12(16)4-5-14(13)20-3/h4-6,10-11H,7-9,16H2,1-3H3,(H,17,19). The molecule has 2 atom stereocenters. The molecule has 0 aromatic heterocycles. The summed E-state index contributed by atoms with van der Waals surface area (Å²) in [6.45, 7) is 6.81. The normalized spacial score (nSPS) is 22.8. The third kappa shape index (κ3) is 3.42. The molecule has 0 bridgehead atoms. The lowest BCUT2D eigenvalue weighted by atomic mass is 10.0. The highest BCUT2D eigenvalue weighted by molar-refractivity contribution is 5.94. The van der Waals surface area contributed by atoms with E-state index in [9.17, 15) is 4.79 Å². The van der Waals surface area contributed by atoms with E-state index in [0.717, 1.165) is 13.1 Å². The third-order valence-corrected chi connectivity index (χ3v) is 3.93. The zero-order valence-electron chi connectivity index (χ0n) is 12.3. The number of nitrogen functional groups attached to an aromatic ring is 1. The summed E-state index contributed by atoms with van der Waals surface area (Å²) in [4.78, 5) is 14.3. The number of anilines is 2. The first-order chi connectivity index (χ1) is 9.49. The largest absolute Gasteiger partial charge is 0.495 e. The van der Waals surface area contributed by atoms with Crippen molar-refractivity contribution in [1.29, 1.82) is 0 Å². The van der Waals surface area contributed by atoms with Crippen molar-refractivity contribution in [3.63, 3.8) is 0 Å². The van der Waals surface area contributed by atoms with Gasteiger partial charge in [0.2, 0.25) is 5.91 Å². The molecule has 110 valence electrons. The van der Waals surface area contributed by atoms with E-state index < -0.39 is 0 Å². The molecule has 20 heavy (non-hydrogen) atoms. The van der Waals surface area contributed by atoms with E-state index in [4.69, 9.17) is 10.5 Å². The zero-order valence-corrected chi connectivity index (χ0v) is 12.3. The van der Waals surface area contributed by atoms with Gasteiger partial charge in [-0.1, -0.05) is 13.8 Å². The fourth-order valence-corrected chi connectivity index (χ4v) is 2.59. The Kier molecular flexibility index (Phi) is 4.49. The maximum atomic E-state index is 12.1. The Morgan fingerprint density at radius 3 is 2.65 bits per heavy atom. The van der Waals surface area contributed by atoms with Crippen molar-refractivity contribution in [3.8, 4) is 5.75 Å². The molecule has 1 aromatic rings. The lowest BCUT2D eigenvalue weighted by Gasteiger charge is -2.16. The number of nitrogens with one attached hydrogen (secondary N) is 1. The Bertz CT molecular complexity index is 480. The van der Waals surface area contributed by atoms with Crippen LogP contribution in [0.2, 0.25) is 0 Å². The Hall–Kier alpha value is -1.75. The first-order valence-electron chi connectivity index (χ1n) is 6.95. The molecular weight excluding hydrogens is 254 g/mol. The number of carbonyl (C=O) groups excluding carboxylic acids is 1. The van der Waals surface area contributed by atoms with Crippen LogP contribution < -0.4 is 15.8 Å². The first-order valence-corrected chi connectivity index (χ1v) is 6.95. The van der Waals surface area contributed by atoms with Gasteiger partial charge in [0.05, 0.1) is 19.3 Å². The van der Waals surface area contributed by atoms with Crippen LogP contribution in [-0.2, 0) is 4.79 Å². The van der Waals surface area contributed by atoms with E-state index in [-0.39, 0.29) is 5.91 Å². The van der Waals surface area contributed by atoms with E-state index >= 15 is 0 Å². The second-order valence-electron chi connectivity index (χ2n) is 5.66. The highest BCUT2D eigenvalue weighted by atomic mass is 16.5. The van der Waals surface area contributed by atoms with E-state index in [1.807, 2.05) is 0 Å². The minimum atomic E-state index is -0.0322. The lowest BCUT2D eigenvalue weighted by Crippen LogP contribution is -2.31. The molecule has 0 aliphatic carbocycles. The maximum Gasteiger partial charge on any atom is 0.238 e. The summed E-state index contributed by atoms with van der Waals surface area (Å²) >= 11 is 0. The summed E-state index contributed by atoms with van der Waals surface area (Å²) in [6.07, 6.45) is 0. The summed E-state index contributed by atoms with van der Waals surface area (Å²) in [7, 11) is 1.57. The molecule has 1 fully saturated rings. The van der Waals surface area contributed by atoms with E-state index in [2.05, 4.69) is 24.1 Å². The average molecular weight is 277 g/mol. The minimum Gasteiger partial charge on any atom is -0.495 e. The average Bonchev–Trinajstić information content (AvgIpc) is 2.68. The minimum absolute atomic E-state index is 0.0322. The van der Waals surface area contributed by atoms with Gasteiger partial charge in [0.15, 0.2) is 0 Å². The number of benzene rings is 1. The lowest BCUT2D eigenvalue weighted by molar-refractivity contribution is -0.117. The predicted molar refractivity (Wildman–Crippen MR) is 80.8 cm³/mol. The third-order valence-electron chi connectivity index (χ3n) is 3.93. The molecule has 5 heteroatoms. The van der Waals surface area contributed by atoms with Gasteiger partial charge in [-0.25, -0.2) is 0 Å². The van der Waals surface area contributed by atoms with Gasteiger partial charge in [-0.05, 0) is 30.0 Å². The second-order valence-corrected chi connectivity index (χ2v) is 5.66. The van der Waals surface area contributed by atoms with E-state index in [0.29, 0.717) is 35.5 Å². The zero-order chi connectivity index (χ0) is 14.7. The van der Waals surface area contributed by atoms with Crippen LogP contribution in [0, 0.1) is 11.8 Å². The quantitative estimate of drug-likeness (QED) is 0.824. The van der Waals surface area contributed by atoms with Crippen molar-refractivity contribution in [2.24, 2.45) is 11.8 Å². The summed E-state index contributed by atoms with van der Waals surface area (Å²) in [5.74, 6) is 1.88. The number of ether oxygens (including phenoxy) is 1. The maximum absolute atomic E-state index is 12.1. The molecule has 0 saturated carbocycles. The number of likely N-dealkylation sites (tertiary alicyclic amines) is 1. The van der Waals surface area contributed by atoms with Gasteiger partial charge in [0, 0.05) is 18.8 Å². The molecule has 2 unspecified atom stereocenters. The number of amides is 1. The van der Waals surface area contributed by atoms with Crippen LogP contribution in [0.1, 0.15) is 13.8 Å². The summed E-state index contributed by atoms with van der Waals surface area (Å²) < 4.78 is 5.22. The molecule has 0 radical (unpaired) electrons. The van der Waals surface area contributed by atoms with E-state index in [1.54, 1.807) is 25.3 Å². The number of carbonyl (C=O) groups is 1. The SMILES string of the molecule is COc1ccc(N)cc1NC(=O)CN1CC(C)C(C)C1. The Labute approximate surface area is 120 Å². The highest BCUT2D eigenvalue weighted by Gasteiger charge is 2.27. The van der Waals surface area contributed by atoms with Gasteiger partial charge in [-0.2, -0.15) is 0 Å². The summed E-state index contributed by atoms with van der Waals surface area (Å²) in [5, 5.41) is 2.87. The molecule has 1 heterocycles. The monoisotopic (exact) mass is 277 g/mol. The van der Waals surface area contributed by atoms with Crippen LogP contribution in [0.4, 0.5) is 11.4 Å². The number of hydrogen-bond acceptors (Lipinski definition) is 4. The fraction of sp³-hybridized carbons (Fsp3) is 0.533. The van der Waals surface area contributed by atoms with Gasteiger partial charge in [0.25, 0.3) is 0 Å². The Morgan fingerprint density at radius 1 is 1.40 bits per heavy atom. The van der Waals surface area contributed by atoms with Crippen LogP contribution >= 0.6 is 0 Å². The fourth-order valence-electron chi connectivity index (χ4n) is 2.59. The van der Waals surface area contributed by atoms with Crippen LogP contribution in [0.3, 0.4) is 0 Å². The molecule has 1 amide bonds. The van der Waals surface area contributed by atoms with Crippen molar-refractivity contribution in [2.45, 2.75) is 13.8 Å². The van der Waals surface area contributed by atoms with E-state index in [1.165, 1.54) is 0 Å². The van der Waals surface area contributed by atoms with Gasteiger partial charge >= 0.3 is 0 Å². The molecule has 1 aliphatic heterocycles. The molecule has 5 nitrogen and oxygen atoms in total. The van der Waals surface area contributed by atoms with Crippen LogP contribution in [0.15, 0.2) is 18.2 Å². The molecule has 1 aliphatic rings. The van der Waals surface area contributed by atoms with Crippen LogP contribution in [0.25, 0.3) is 0 Å². The number of rotatable bonds is 4. The molecule has 2 rings (SSSR count). The summed E-state index contributed by atoms with van der Waals surface area (Å²) in [5.41, 5.74) is 6.96. The van der Waals surface area contributed by atoms with Crippen molar-refractivity contribution >= 4 is 17.3 Å². The van der Waals surface area contributed by atoms with Crippen molar-refractivity contribution in [2.75, 3.05) is 37.8 Å². The smallest absolute Gasteiger partial charge is 0.238 e. The topological polar surface area (TPSA) is 67.6 Å².